The standard InChI is InChI=1S/C9H8N2O2/c1-13-7-4-2-3-6-9(7)11-8(12)5-10-6/h2-5,7H,1H3. The summed E-state index contributed by atoms with van der Waals surface area (Å²) in [6, 6.07) is 0. The quantitative estimate of drug-likeness (QED) is 0.584. The predicted octanol–water partition coefficient (Wildman–Crippen LogP) is 0.507. The molecular formula is C9H8N2O2. The highest BCUT2D eigenvalue weighted by molar-refractivity contribution is 6.33. The number of allylic oxidation sites excluding steroid dienone is 2. The van der Waals surface area contributed by atoms with Gasteiger partial charge in [-0.25, -0.2) is 9.98 Å². The summed E-state index contributed by atoms with van der Waals surface area (Å²) in [5, 5.41) is 0. The maximum atomic E-state index is 10.9. The number of hydrogen-bond donors (Lipinski definition) is 0. The minimum atomic E-state index is -0.329. The van der Waals surface area contributed by atoms with E-state index >= 15 is 0 Å². The van der Waals surface area contributed by atoms with Crippen LogP contribution in [0.25, 0.3) is 0 Å². The van der Waals surface area contributed by atoms with E-state index in [2.05, 4.69) is 9.98 Å². The smallest absolute Gasteiger partial charge is 0.288 e. The summed E-state index contributed by atoms with van der Waals surface area (Å²) in [6.45, 7) is 0. The van der Waals surface area contributed by atoms with Crippen LogP contribution in [0.4, 0.5) is 0 Å². The lowest BCUT2D eigenvalue weighted by Gasteiger charge is -2.18. The van der Waals surface area contributed by atoms with Crippen LogP contribution in [0.5, 0.6) is 0 Å². The first-order chi connectivity index (χ1) is 6.31. The number of hydrogen-bond acceptors (Lipinski definition) is 3. The summed E-state index contributed by atoms with van der Waals surface area (Å²) in [5.74, 6) is -0.329. The molecule has 2 aliphatic rings. The molecule has 66 valence electrons. The molecule has 1 amide bonds. The first-order valence-corrected chi connectivity index (χ1v) is 3.89. The van der Waals surface area contributed by atoms with Gasteiger partial charge in [-0.15, -0.1) is 0 Å². The summed E-state index contributed by atoms with van der Waals surface area (Å²) in [4.78, 5) is 18.7. The number of methoxy groups -OCH3 is 1. The zero-order chi connectivity index (χ0) is 9.26. The van der Waals surface area contributed by atoms with Crippen molar-refractivity contribution in [3.8, 4) is 0 Å². The van der Waals surface area contributed by atoms with Gasteiger partial charge >= 0.3 is 0 Å². The molecule has 1 atom stereocenters. The molecule has 0 saturated heterocycles. The number of aliphatic imine (C=N–C) groups is 2. The monoisotopic (exact) mass is 176 g/mol. The number of carbonyl (C=O) groups excluding carboxylic acids is 1. The van der Waals surface area contributed by atoms with E-state index in [0.717, 1.165) is 0 Å². The topological polar surface area (TPSA) is 51.0 Å². The number of fused-ring (bicyclic) bond motifs is 1. The summed E-state index contributed by atoms with van der Waals surface area (Å²) in [7, 11) is 1.57. The fraction of sp³-hybridized carbons (Fsp3) is 0.222. The van der Waals surface area contributed by atoms with E-state index in [1.54, 1.807) is 13.2 Å². The molecule has 0 radical (unpaired) electrons. The lowest BCUT2D eigenvalue weighted by Crippen LogP contribution is -2.27. The molecule has 1 aliphatic carbocycles. The molecule has 2 rings (SSSR count). The molecule has 4 heteroatoms. The highest BCUT2D eigenvalue weighted by Crippen LogP contribution is 2.16. The number of amides is 1. The highest BCUT2D eigenvalue weighted by atomic mass is 16.5. The Bertz CT molecular complexity index is 364. The van der Waals surface area contributed by atoms with Gasteiger partial charge < -0.3 is 4.74 Å². The molecule has 13 heavy (non-hydrogen) atoms. The van der Waals surface area contributed by atoms with E-state index in [1.807, 2.05) is 12.2 Å². The van der Waals surface area contributed by atoms with Gasteiger partial charge in [0.05, 0.1) is 11.9 Å². The van der Waals surface area contributed by atoms with Crippen LogP contribution in [0.1, 0.15) is 0 Å². The average Bonchev–Trinajstić information content (AvgIpc) is 2.17. The van der Waals surface area contributed by atoms with Crippen molar-refractivity contribution < 1.29 is 9.53 Å². The Kier molecular flexibility index (Phi) is 1.90. The van der Waals surface area contributed by atoms with Gasteiger partial charge in [-0.2, -0.15) is 0 Å². The first-order valence-electron chi connectivity index (χ1n) is 3.89. The fourth-order valence-electron chi connectivity index (χ4n) is 1.26. The molecule has 0 aromatic carbocycles. The molecule has 1 heterocycles. The lowest BCUT2D eigenvalue weighted by molar-refractivity contribution is -0.111. The Morgan fingerprint density at radius 3 is 3.15 bits per heavy atom. The molecule has 0 fully saturated rings. The Morgan fingerprint density at radius 2 is 2.38 bits per heavy atom. The van der Waals surface area contributed by atoms with E-state index in [9.17, 15) is 4.79 Å². The Labute approximate surface area is 75.3 Å². The van der Waals surface area contributed by atoms with Gasteiger partial charge in [0.15, 0.2) is 0 Å². The second-order valence-corrected chi connectivity index (χ2v) is 2.69. The summed E-state index contributed by atoms with van der Waals surface area (Å²) < 4.78 is 5.12. The second kappa shape index (κ2) is 3.06. The molecule has 1 aliphatic heterocycles. The third-order valence-corrected chi connectivity index (χ3v) is 1.87. The molecule has 0 saturated carbocycles. The van der Waals surface area contributed by atoms with Gasteiger partial charge in [-0.1, -0.05) is 6.08 Å². The zero-order valence-electron chi connectivity index (χ0n) is 7.10. The first kappa shape index (κ1) is 8.07. The summed E-state index contributed by atoms with van der Waals surface area (Å²) in [5.41, 5.74) is 1.30. The summed E-state index contributed by atoms with van der Waals surface area (Å²) >= 11 is 0. The van der Waals surface area contributed by atoms with Crippen molar-refractivity contribution >= 4 is 17.8 Å². The van der Waals surface area contributed by atoms with Crippen molar-refractivity contribution in [2.45, 2.75) is 6.10 Å². The maximum Gasteiger partial charge on any atom is 0.288 e. The van der Waals surface area contributed by atoms with Crippen LogP contribution >= 0.6 is 0 Å². The van der Waals surface area contributed by atoms with E-state index in [0.29, 0.717) is 11.4 Å². The van der Waals surface area contributed by atoms with Gasteiger partial charge in [0, 0.05) is 7.11 Å². The van der Waals surface area contributed by atoms with Crippen LogP contribution in [-0.4, -0.2) is 31.0 Å². The van der Waals surface area contributed by atoms with Gasteiger partial charge in [0.1, 0.15) is 11.8 Å². The number of ether oxygens (including phenoxy) is 1. The SMILES string of the molecule is COC1C=CC=C2N=CC(=O)N=C21. The molecular weight excluding hydrogens is 168 g/mol. The average molecular weight is 176 g/mol. The molecule has 1 unspecified atom stereocenters. The van der Waals surface area contributed by atoms with Crippen molar-refractivity contribution in [3.63, 3.8) is 0 Å². The third-order valence-electron chi connectivity index (χ3n) is 1.87. The number of carbonyl (C=O) groups is 1. The van der Waals surface area contributed by atoms with Crippen LogP contribution in [-0.2, 0) is 9.53 Å². The van der Waals surface area contributed by atoms with Gasteiger partial charge in [-0.05, 0) is 12.2 Å². The minimum absolute atomic E-state index is 0.249. The van der Waals surface area contributed by atoms with E-state index in [-0.39, 0.29) is 12.0 Å². The molecule has 0 N–H and O–H groups in total. The highest BCUT2D eigenvalue weighted by Gasteiger charge is 2.22. The van der Waals surface area contributed by atoms with Crippen molar-refractivity contribution in [2.24, 2.45) is 9.98 Å². The van der Waals surface area contributed by atoms with Crippen LogP contribution in [0.2, 0.25) is 0 Å². The zero-order valence-corrected chi connectivity index (χ0v) is 7.10. The van der Waals surface area contributed by atoms with Gasteiger partial charge in [0.25, 0.3) is 5.91 Å². The number of nitrogens with zero attached hydrogens (tertiary/aromatic N) is 2. The Morgan fingerprint density at radius 1 is 1.54 bits per heavy atom. The molecule has 0 aromatic rings. The summed E-state index contributed by atoms with van der Waals surface area (Å²) in [6.07, 6.45) is 6.44. The maximum absolute atomic E-state index is 10.9. The fourth-order valence-corrected chi connectivity index (χ4v) is 1.26. The largest absolute Gasteiger partial charge is 0.371 e. The Balaban J connectivity index is 2.40. The Hall–Kier alpha value is -1.55. The van der Waals surface area contributed by atoms with E-state index < -0.39 is 0 Å². The van der Waals surface area contributed by atoms with E-state index in [1.165, 1.54) is 6.21 Å². The normalized spacial score (nSPS) is 25.3. The van der Waals surface area contributed by atoms with Gasteiger partial charge in [0.2, 0.25) is 0 Å². The van der Waals surface area contributed by atoms with Crippen LogP contribution in [0.3, 0.4) is 0 Å². The van der Waals surface area contributed by atoms with Crippen LogP contribution in [0, 0.1) is 0 Å². The molecule has 4 nitrogen and oxygen atoms in total. The number of rotatable bonds is 1. The minimum Gasteiger partial charge on any atom is -0.371 e. The molecule has 0 spiro atoms. The lowest BCUT2D eigenvalue weighted by atomic mass is 10.1. The molecule has 0 aromatic heterocycles. The van der Waals surface area contributed by atoms with E-state index in [4.69, 9.17) is 4.74 Å². The van der Waals surface area contributed by atoms with Gasteiger partial charge in [-0.3, -0.25) is 4.79 Å². The van der Waals surface area contributed by atoms with Crippen molar-refractivity contribution in [3.05, 3.63) is 23.9 Å². The van der Waals surface area contributed by atoms with Crippen LogP contribution in [0.15, 0.2) is 33.9 Å². The third kappa shape index (κ3) is 1.36. The second-order valence-electron chi connectivity index (χ2n) is 2.69. The van der Waals surface area contributed by atoms with Crippen LogP contribution < -0.4 is 0 Å². The van der Waals surface area contributed by atoms with Crippen molar-refractivity contribution in [1.29, 1.82) is 0 Å². The molecule has 0 bridgehead atoms. The van der Waals surface area contributed by atoms with Crippen molar-refractivity contribution in [2.75, 3.05) is 7.11 Å². The van der Waals surface area contributed by atoms with Crippen molar-refractivity contribution in [1.82, 2.24) is 0 Å². The predicted molar refractivity (Wildman–Crippen MR) is 49.0 cm³/mol.